The number of nitrogens with zero attached hydrogens (tertiary/aromatic N) is 1. The minimum absolute atomic E-state index is 0.301. The lowest BCUT2D eigenvalue weighted by Gasteiger charge is -2.08. The van der Waals surface area contributed by atoms with Crippen LogP contribution in [0.1, 0.15) is 16.7 Å². The van der Waals surface area contributed by atoms with E-state index in [9.17, 15) is 13.2 Å². The van der Waals surface area contributed by atoms with E-state index in [-0.39, 0.29) is 5.75 Å². The van der Waals surface area contributed by atoms with Crippen LogP contribution in [0.25, 0.3) is 0 Å². The van der Waals surface area contributed by atoms with Crippen LogP contribution in [-0.4, -0.2) is 20.1 Å². The van der Waals surface area contributed by atoms with E-state index in [2.05, 4.69) is 5.32 Å². The van der Waals surface area contributed by atoms with Crippen LogP contribution in [0.15, 0.2) is 48.5 Å². The summed E-state index contributed by atoms with van der Waals surface area (Å²) in [5.41, 5.74) is 2.23. The number of nitrogens with one attached hydrogen (secondary N) is 1. The highest BCUT2D eigenvalue weighted by atomic mass is 32.2. The van der Waals surface area contributed by atoms with Crippen LogP contribution in [0.5, 0.6) is 0 Å². The number of carbonyl (C=O) groups is 1. The lowest BCUT2D eigenvalue weighted by molar-refractivity contribution is -0.113. The summed E-state index contributed by atoms with van der Waals surface area (Å²) < 4.78 is 24.3. The molecule has 0 saturated carbocycles. The normalized spacial score (nSPS) is 10.8. The number of hydrogen-bond acceptors (Lipinski definition) is 4. The van der Waals surface area contributed by atoms with Gasteiger partial charge in [-0.2, -0.15) is 5.26 Å². The highest BCUT2D eigenvalue weighted by molar-refractivity contribution is 7.91. The van der Waals surface area contributed by atoms with Crippen molar-refractivity contribution in [2.75, 3.05) is 11.1 Å². The van der Waals surface area contributed by atoms with Gasteiger partial charge < -0.3 is 5.32 Å². The van der Waals surface area contributed by atoms with Crippen molar-refractivity contribution in [1.29, 1.82) is 5.26 Å². The highest BCUT2D eigenvalue weighted by Gasteiger charge is 2.19. The first-order chi connectivity index (χ1) is 10.9. The molecule has 0 bridgehead atoms. The molecule has 5 nitrogen and oxygen atoms in total. The molecular weight excluding hydrogens is 312 g/mol. The van der Waals surface area contributed by atoms with Gasteiger partial charge in [-0.25, -0.2) is 8.42 Å². The van der Waals surface area contributed by atoms with Crippen molar-refractivity contribution in [2.24, 2.45) is 0 Å². The molecular formula is C17H16N2O3S. The predicted octanol–water partition coefficient (Wildman–Crippen LogP) is 2.42. The summed E-state index contributed by atoms with van der Waals surface area (Å²) >= 11 is 0. The molecule has 0 radical (unpaired) electrons. The van der Waals surface area contributed by atoms with Crippen molar-refractivity contribution >= 4 is 21.4 Å². The van der Waals surface area contributed by atoms with Crippen LogP contribution in [0, 0.1) is 18.3 Å². The lowest BCUT2D eigenvalue weighted by Crippen LogP contribution is -2.24. The SMILES string of the molecule is Cc1cccc(NC(=O)CS(=O)(=O)Cc2ccccc2C#N)c1. The fraction of sp³-hybridized carbons (Fsp3) is 0.176. The Morgan fingerprint density at radius 3 is 2.61 bits per heavy atom. The van der Waals surface area contributed by atoms with Crippen molar-refractivity contribution in [1.82, 2.24) is 0 Å². The zero-order valence-corrected chi connectivity index (χ0v) is 13.4. The van der Waals surface area contributed by atoms with Crippen molar-refractivity contribution in [3.05, 3.63) is 65.2 Å². The topological polar surface area (TPSA) is 87.0 Å². The number of carbonyl (C=O) groups excluding carboxylic acids is 1. The molecule has 0 fully saturated rings. The van der Waals surface area contributed by atoms with Gasteiger partial charge in [0.2, 0.25) is 5.91 Å². The van der Waals surface area contributed by atoms with Crippen LogP contribution in [0.4, 0.5) is 5.69 Å². The zero-order valence-electron chi connectivity index (χ0n) is 12.6. The Morgan fingerprint density at radius 2 is 1.91 bits per heavy atom. The number of aryl methyl sites for hydroxylation is 1. The summed E-state index contributed by atoms with van der Waals surface area (Å²) in [6, 6.07) is 15.5. The van der Waals surface area contributed by atoms with E-state index in [1.165, 1.54) is 0 Å². The third kappa shape index (κ3) is 4.94. The first-order valence-corrected chi connectivity index (χ1v) is 8.77. The van der Waals surface area contributed by atoms with Crippen LogP contribution in [-0.2, 0) is 20.4 Å². The maximum Gasteiger partial charge on any atom is 0.239 e. The van der Waals surface area contributed by atoms with Crippen molar-refractivity contribution < 1.29 is 13.2 Å². The fourth-order valence-corrected chi connectivity index (χ4v) is 3.46. The second-order valence-electron chi connectivity index (χ2n) is 5.22. The molecule has 1 N–H and O–H groups in total. The molecule has 2 aromatic carbocycles. The Hall–Kier alpha value is -2.65. The number of anilines is 1. The maximum atomic E-state index is 12.2. The Bertz CT molecular complexity index is 867. The van der Waals surface area contributed by atoms with Gasteiger partial charge in [-0.1, -0.05) is 30.3 Å². The van der Waals surface area contributed by atoms with Gasteiger partial charge in [0.25, 0.3) is 0 Å². The highest BCUT2D eigenvalue weighted by Crippen LogP contribution is 2.13. The average molecular weight is 328 g/mol. The molecule has 2 aromatic rings. The summed E-state index contributed by atoms with van der Waals surface area (Å²) in [5.74, 6) is -1.55. The molecule has 0 aromatic heterocycles. The smallest absolute Gasteiger partial charge is 0.239 e. The number of amides is 1. The fourth-order valence-electron chi connectivity index (χ4n) is 2.16. The quantitative estimate of drug-likeness (QED) is 0.913. The summed E-state index contributed by atoms with van der Waals surface area (Å²) in [6.45, 7) is 1.88. The van der Waals surface area contributed by atoms with Gasteiger partial charge in [-0.15, -0.1) is 0 Å². The van der Waals surface area contributed by atoms with Gasteiger partial charge in [0.1, 0.15) is 5.75 Å². The molecule has 1 amide bonds. The third-order valence-corrected chi connectivity index (χ3v) is 4.62. The van der Waals surface area contributed by atoms with Crippen LogP contribution < -0.4 is 5.32 Å². The van der Waals surface area contributed by atoms with Crippen LogP contribution >= 0.6 is 0 Å². The number of rotatable bonds is 5. The molecule has 2 rings (SSSR count). The second-order valence-corrected chi connectivity index (χ2v) is 7.28. The van der Waals surface area contributed by atoms with Gasteiger partial charge in [-0.3, -0.25) is 4.79 Å². The van der Waals surface area contributed by atoms with Crippen molar-refractivity contribution in [3.8, 4) is 6.07 Å². The molecule has 0 heterocycles. The minimum Gasteiger partial charge on any atom is -0.325 e. The standard InChI is InChI=1S/C17H16N2O3S/c1-13-5-4-8-16(9-13)19-17(20)12-23(21,22)11-15-7-3-2-6-14(15)10-18/h2-9H,11-12H2,1H3,(H,19,20). The lowest BCUT2D eigenvalue weighted by atomic mass is 10.1. The van der Waals surface area contributed by atoms with Gasteiger partial charge in [-0.05, 0) is 36.2 Å². The number of benzene rings is 2. The van der Waals surface area contributed by atoms with E-state index in [1.54, 1.807) is 42.5 Å². The molecule has 6 heteroatoms. The van der Waals surface area contributed by atoms with Gasteiger partial charge >= 0.3 is 0 Å². The number of sulfone groups is 1. The molecule has 0 saturated heterocycles. The van der Waals surface area contributed by atoms with Gasteiger partial charge in [0.15, 0.2) is 9.84 Å². The molecule has 0 atom stereocenters. The average Bonchev–Trinajstić information content (AvgIpc) is 2.46. The largest absolute Gasteiger partial charge is 0.325 e. The molecule has 0 unspecified atom stereocenters. The molecule has 23 heavy (non-hydrogen) atoms. The molecule has 0 aliphatic rings. The summed E-state index contributed by atoms with van der Waals surface area (Å²) in [4.78, 5) is 11.9. The summed E-state index contributed by atoms with van der Waals surface area (Å²) in [6.07, 6.45) is 0. The second kappa shape index (κ2) is 7.07. The Balaban J connectivity index is 2.06. The molecule has 118 valence electrons. The van der Waals surface area contributed by atoms with Crippen molar-refractivity contribution in [3.63, 3.8) is 0 Å². The summed E-state index contributed by atoms with van der Waals surface area (Å²) in [5, 5.41) is 11.6. The van der Waals surface area contributed by atoms with Crippen molar-refractivity contribution in [2.45, 2.75) is 12.7 Å². The molecule has 0 aliphatic heterocycles. The number of nitriles is 1. The van der Waals surface area contributed by atoms with Crippen LogP contribution in [0.3, 0.4) is 0 Å². The van der Waals surface area contributed by atoms with Gasteiger partial charge in [0, 0.05) is 5.69 Å². The first-order valence-electron chi connectivity index (χ1n) is 6.94. The molecule has 0 aliphatic carbocycles. The predicted molar refractivity (Wildman–Crippen MR) is 88.5 cm³/mol. The maximum absolute atomic E-state index is 12.2. The zero-order chi connectivity index (χ0) is 16.9. The minimum atomic E-state index is -3.66. The third-order valence-electron chi connectivity index (χ3n) is 3.17. The van der Waals surface area contributed by atoms with E-state index in [1.807, 2.05) is 19.1 Å². The number of hydrogen-bond donors (Lipinski definition) is 1. The Labute approximate surface area is 135 Å². The monoisotopic (exact) mass is 328 g/mol. The Kier molecular flexibility index (Phi) is 5.14. The van der Waals surface area contributed by atoms with E-state index in [4.69, 9.17) is 5.26 Å². The van der Waals surface area contributed by atoms with Gasteiger partial charge in [0.05, 0.1) is 17.4 Å². The van der Waals surface area contributed by atoms with Crippen LogP contribution in [0.2, 0.25) is 0 Å². The van der Waals surface area contributed by atoms with E-state index < -0.39 is 21.5 Å². The van der Waals surface area contributed by atoms with E-state index in [0.29, 0.717) is 16.8 Å². The van der Waals surface area contributed by atoms with E-state index in [0.717, 1.165) is 5.56 Å². The first kappa shape index (κ1) is 16.7. The Morgan fingerprint density at radius 1 is 1.17 bits per heavy atom. The van der Waals surface area contributed by atoms with E-state index >= 15 is 0 Å². The molecule has 0 spiro atoms. The summed E-state index contributed by atoms with van der Waals surface area (Å²) in [7, 11) is -3.66.